The molecule has 0 aromatic heterocycles. The highest BCUT2D eigenvalue weighted by Crippen LogP contribution is 2.20. The minimum Gasteiger partial charge on any atom is -0.481 e. The van der Waals surface area contributed by atoms with Crippen molar-refractivity contribution in [2.75, 3.05) is 26.2 Å². The highest BCUT2D eigenvalue weighted by Gasteiger charge is 2.31. The summed E-state index contributed by atoms with van der Waals surface area (Å²) in [7, 11) is -3.52. The van der Waals surface area contributed by atoms with Crippen LogP contribution in [0.1, 0.15) is 12.5 Å². The van der Waals surface area contributed by atoms with Crippen LogP contribution in [0.3, 0.4) is 0 Å². The molecule has 2 aromatic rings. The highest BCUT2D eigenvalue weighted by molar-refractivity contribution is 7.89. The molecule has 1 aliphatic rings. The first kappa shape index (κ1) is 19.4. The molecule has 0 spiro atoms. The van der Waals surface area contributed by atoms with Crippen LogP contribution in [0.25, 0.3) is 0 Å². The van der Waals surface area contributed by atoms with Crippen LogP contribution in [0.4, 0.5) is 0 Å². The number of nitrogens with zero attached hydrogens (tertiary/aromatic N) is 2. The maximum Gasteiger partial charge on any atom is 0.263 e. The average Bonchev–Trinajstić information content (AvgIpc) is 2.70. The maximum atomic E-state index is 12.7. The lowest BCUT2D eigenvalue weighted by Gasteiger charge is -2.35. The average molecular weight is 388 g/mol. The predicted octanol–water partition coefficient (Wildman–Crippen LogP) is 2.30. The summed E-state index contributed by atoms with van der Waals surface area (Å²) in [5, 5.41) is 0. The van der Waals surface area contributed by atoms with E-state index in [0.717, 1.165) is 5.56 Å². The van der Waals surface area contributed by atoms with Gasteiger partial charge in [-0.05, 0) is 37.6 Å². The zero-order valence-electron chi connectivity index (χ0n) is 15.5. The number of sulfonamides is 1. The largest absolute Gasteiger partial charge is 0.481 e. The van der Waals surface area contributed by atoms with Gasteiger partial charge < -0.3 is 9.64 Å². The van der Waals surface area contributed by atoms with Crippen LogP contribution >= 0.6 is 0 Å². The number of amides is 1. The van der Waals surface area contributed by atoms with Crippen molar-refractivity contribution in [2.45, 2.75) is 24.8 Å². The zero-order chi connectivity index (χ0) is 19.4. The Balaban J connectivity index is 1.60. The quantitative estimate of drug-likeness (QED) is 0.788. The monoisotopic (exact) mass is 388 g/mol. The van der Waals surface area contributed by atoms with Crippen LogP contribution in [0.5, 0.6) is 5.75 Å². The Morgan fingerprint density at radius 2 is 1.56 bits per heavy atom. The van der Waals surface area contributed by atoms with Crippen molar-refractivity contribution < 1.29 is 17.9 Å². The highest BCUT2D eigenvalue weighted by atomic mass is 32.2. The third kappa shape index (κ3) is 4.31. The van der Waals surface area contributed by atoms with Gasteiger partial charge in [0.1, 0.15) is 5.75 Å². The molecular weight excluding hydrogens is 364 g/mol. The molecule has 0 radical (unpaired) electrons. The molecule has 27 heavy (non-hydrogen) atoms. The van der Waals surface area contributed by atoms with Gasteiger partial charge in [-0.3, -0.25) is 4.79 Å². The lowest BCUT2D eigenvalue weighted by molar-refractivity contribution is -0.139. The Hall–Kier alpha value is -2.38. The standard InChI is InChI=1S/C20H24N2O4S/c1-16-8-6-7-11-19(16)26-17(2)20(23)21-12-14-22(15-13-21)27(24,25)18-9-4-3-5-10-18/h3-11,17H,12-15H2,1-2H3/t17-/m1/s1. The molecule has 1 saturated heterocycles. The van der Waals surface area contributed by atoms with Crippen molar-refractivity contribution in [1.82, 2.24) is 9.21 Å². The van der Waals surface area contributed by atoms with E-state index in [1.165, 1.54) is 4.31 Å². The van der Waals surface area contributed by atoms with Gasteiger partial charge in [0.25, 0.3) is 5.91 Å². The molecule has 1 amide bonds. The minimum atomic E-state index is -3.52. The number of hydrogen-bond acceptors (Lipinski definition) is 4. The molecule has 1 atom stereocenters. The van der Waals surface area contributed by atoms with Crippen LogP contribution in [-0.2, 0) is 14.8 Å². The lowest BCUT2D eigenvalue weighted by Crippen LogP contribution is -2.53. The van der Waals surface area contributed by atoms with Crippen molar-refractivity contribution in [2.24, 2.45) is 0 Å². The molecular formula is C20H24N2O4S. The fraction of sp³-hybridized carbons (Fsp3) is 0.350. The number of piperazine rings is 1. The molecule has 0 N–H and O–H groups in total. The molecule has 144 valence electrons. The Morgan fingerprint density at radius 3 is 2.19 bits per heavy atom. The molecule has 7 heteroatoms. The Morgan fingerprint density at radius 1 is 0.963 bits per heavy atom. The molecule has 0 aliphatic carbocycles. The third-order valence-electron chi connectivity index (χ3n) is 4.68. The number of ether oxygens (including phenoxy) is 1. The molecule has 6 nitrogen and oxygen atoms in total. The number of benzene rings is 2. The van der Waals surface area contributed by atoms with E-state index < -0.39 is 16.1 Å². The Kier molecular flexibility index (Phi) is 5.82. The summed E-state index contributed by atoms with van der Waals surface area (Å²) < 4.78 is 32.6. The topological polar surface area (TPSA) is 66.9 Å². The van der Waals surface area contributed by atoms with Gasteiger partial charge in [-0.15, -0.1) is 0 Å². The van der Waals surface area contributed by atoms with Crippen LogP contribution in [0, 0.1) is 6.92 Å². The van der Waals surface area contributed by atoms with Crippen LogP contribution in [-0.4, -0.2) is 55.8 Å². The molecule has 0 bridgehead atoms. The molecule has 2 aromatic carbocycles. The number of aryl methyl sites for hydroxylation is 1. The summed E-state index contributed by atoms with van der Waals surface area (Å²) in [4.78, 5) is 14.6. The normalized spacial score (nSPS) is 16.7. The van der Waals surface area contributed by atoms with Crippen molar-refractivity contribution in [3.05, 3.63) is 60.2 Å². The summed E-state index contributed by atoms with van der Waals surface area (Å²) in [6, 6.07) is 15.9. The summed E-state index contributed by atoms with van der Waals surface area (Å²) in [5.41, 5.74) is 0.968. The summed E-state index contributed by atoms with van der Waals surface area (Å²) in [6.07, 6.45) is -0.622. The fourth-order valence-corrected chi connectivity index (χ4v) is 4.52. The zero-order valence-corrected chi connectivity index (χ0v) is 16.4. The maximum absolute atomic E-state index is 12.7. The van der Waals surface area contributed by atoms with E-state index in [1.807, 2.05) is 31.2 Å². The molecule has 1 aliphatic heterocycles. The number of rotatable bonds is 5. The molecule has 1 heterocycles. The van der Waals surface area contributed by atoms with E-state index in [2.05, 4.69) is 0 Å². The van der Waals surface area contributed by atoms with Gasteiger partial charge in [-0.1, -0.05) is 36.4 Å². The summed E-state index contributed by atoms with van der Waals surface area (Å²) in [6.45, 7) is 4.92. The van der Waals surface area contributed by atoms with Gasteiger partial charge in [-0.25, -0.2) is 8.42 Å². The number of carbonyl (C=O) groups is 1. The van der Waals surface area contributed by atoms with Crippen LogP contribution < -0.4 is 4.74 Å². The molecule has 0 saturated carbocycles. The van der Waals surface area contributed by atoms with E-state index >= 15 is 0 Å². The van der Waals surface area contributed by atoms with Gasteiger partial charge in [0.15, 0.2) is 6.10 Å². The number of para-hydroxylation sites is 1. The second-order valence-electron chi connectivity index (χ2n) is 6.57. The number of carbonyl (C=O) groups excluding carboxylic acids is 1. The van der Waals surface area contributed by atoms with Crippen LogP contribution in [0.2, 0.25) is 0 Å². The summed E-state index contributed by atoms with van der Waals surface area (Å²) in [5.74, 6) is 0.554. The van der Waals surface area contributed by atoms with Gasteiger partial charge >= 0.3 is 0 Å². The van der Waals surface area contributed by atoms with Gasteiger partial charge in [-0.2, -0.15) is 4.31 Å². The van der Waals surface area contributed by atoms with E-state index in [0.29, 0.717) is 18.8 Å². The van der Waals surface area contributed by atoms with E-state index in [1.54, 1.807) is 42.2 Å². The lowest BCUT2D eigenvalue weighted by atomic mass is 10.2. The van der Waals surface area contributed by atoms with Gasteiger partial charge in [0.05, 0.1) is 4.90 Å². The second kappa shape index (κ2) is 8.10. The van der Waals surface area contributed by atoms with Crippen molar-refractivity contribution in [3.63, 3.8) is 0 Å². The summed E-state index contributed by atoms with van der Waals surface area (Å²) >= 11 is 0. The fourth-order valence-electron chi connectivity index (χ4n) is 3.08. The van der Waals surface area contributed by atoms with E-state index in [-0.39, 0.29) is 23.9 Å². The predicted molar refractivity (Wildman–Crippen MR) is 103 cm³/mol. The smallest absolute Gasteiger partial charge is 0.263 e. The van der Waals surface area contributed by atoms with E-state index in [4.69, 9.17) is 4.74 Å². The van der Waals surface area contributed by atoms with Crippen molar-refractivity contribution in [3.8, 4) is 5.75 Å². The van der Waals surface area contributed by atoms with Crippen molar-refractivity contribution in [1.29, 1.82) is 0 Å². The first-order valence-electron chi connectivity index (χ1n) is 8.96. The van der Waals surface area contributed by atoms with E-state index in [9.17, 15) is 13.2 Å². The number of hydrogen-bond donors (Lipinski definition) is 0. The third-order valence-corrected chi connectivity index (χ3v) is 6.59. The Bertz CT molecular complexity index is 891. The Labute approximate surface area is 160 Å². The van der Waals surface area contributed by atoms with Gasteiger partial charge in [0, 0.05) is 26.2 Å². The van der Waals surface area contributed by atoms with Gasteiger partial charge in [0.2, 0.25) is 10.0 Å². The molecule has 3 rings (SSSR count). The SMILES string of the molecule is Cc1ccccc1O[C@H](C)C(=O)N1CCN(S(=O)(=O)c2ccccc2)CC1. The van der Waals surface area contributed by atoms with Crippen LogP contribution in [0.15, 0.2) is 59.5 Å². The molecule has 1 fully saturated rings. The first-order valence-corrected chi connectivity index (χ1v) is 10.4. The second-order valence-corrected chi connectivity index (χ2v) is 8.51. The van der Waals surface area contributed by atoms with Crippen molar-refractivity contribution >= 4 is 15.9 Å². The minimum absolute atomic E-state index is 0.130. The first-order chi connectivity index (χ1) is 12.9. The molecule has 0 unspecified atom stereocenters.